The van der Waals surface area contributed by atoms with Gasteiger partial charge in [0.25, 0.3) is 0 Å². The van der Waals surface area contributed by atoms with Crippen LogP contribution in [-0.4, -0.2) is 53.1 Å². The lowest BCUT2D eigenvalue weighted by Crippen LogP contribution is -2.48. The maximum absolute atomic E-state index is 12.5. The zero-order chi connectivity index (χ0) is 15.1. The quantitative estimate of drug-likeness (QED) is 0.815. The Morgan fingerprint density at radius 1 is 1.40 bits per heavy atom. The molecule has 0 saturated carbocycles. The number of piperidine rings is 1. The summed E-state index contributed by atoms with van der Waals surface area (Å²) in [4.78, 5) is 27.0. The average molecular weight is 284 g/mol. The standard InChI is InChI=1S/C15H28N2O3/c1-4-12(3)10-16(5-2)15(20)17-8-6-7-13(11-17)9-14(18)19/h12-13H,4-11H2,1-3H3,(H,18,19). The second-order valence-corrected chi connectivity index (χ2v) is 5.89. The number of carbonyl (C=O) groups excluding carboxylic acids is 1. The van der Waals surface area contributed by atoms with E-state index in [2.05, 4.69) is 13.8 Å². The van der Waals surface area contributed by atoms with Crippen molar-refractivity contribution in [2.24, 2.45) is 11.8 Å². The molecule has 2 amide bonds. The molecule has 1 heterocycles. The van der Waals surface area contributed by atoms with Gasteiger partial charge in [-0.15, -0.1) is 0 Å². The highest BCUT2D eigenvalue weighted by Gasteiger charge is 2.28. The number of amides is 2. The number of carbonyl (C=O) groups is 2. The molecule has 5 heteroatoms. The number of aliphatic carboxylic acids is 1. The lowest BCUT2D eigenvalue weighted by Gasteiger charge is -2.36. The summed E-state index contributed by atoms with van der Waals surface area (Å²) in [6.07, 6.45) is 3.05. The molecule has 0 aliphatic carbocycles. The SMILES string of the molecule is CCC(C)CN(CC)C(=O)N1CCCC(CC(=O)O)C1. The van der Waals surface area contributed by atoms with Crippen molar-refractivity contribution in [3.8, 4) is 0 Å². The third kappa shape index (κ3) is 5.02. The zero-order valence-corrected chi connectivity index (χ0v) is 13.0. The third-order valence-electron chi connectivity index (χ3n) is 4.13. The molecule has 1 aliphatic heterocycles. The summed E-state index contributed by atoms with van der Waals surface area (Å²) < 4.78 is 0. The Balaban J connectivity index is 2.57. The van der Waals surface area contributed by atoms with Gasteiger partial charge in [0.15, 0.2) is 0 Å². The highest BCUT2D eigenvalue weighted by Crippen LogP contribution is 2.21. The van der Waals surface area contributed by atoms with Gasteiger partial charge in [-0.1, -0.05) is 20.3 Å². The van der Waals surface area contributed by atoms with Gasteiger partial charge in [-0.05, 0) is 31.6 Å². The van der Waals surface area contributed by atoms with E-state index in [0.717, 1.165) is 32.4 Å². The van der Waals surface area contributed by atoms with Gasteiger partial charge in [0, 0.05) is 32.6 Å². The first kappa shape index (κ1) is 16.8. The molecule has 1 aliphatic rings. The molecule has 0 bridgehead atoms. The minimum Gasteiger partial charge on any atom is -0.481 e. The second kappa shape index (κ2) is 8.12. The van der Waals surface area contributed by atoms with Crippen LogP contribution in [0, 0.1) is 11.8 Å². The highest BCUT2D eigenvalue weighted by atomic mass is 16.4. The summed E-state index contributed by atoms with van der Waals surface area (Å²) in [6, 6.07) is 0.0721. The fourth-order valence-corrected chi connectivity index (χ4v) is 2.70. The molecular weight excluding hydrogens is 256 g/mol. The summed E-state index contributed by atoms with van der Waals surface area (Å²) in [6.45, 7) is 9.12. The van der Waals surface area contributed by atoms with E-state index >= 15 is 0 Å². The molecule has 2 unspecified atom stereocenters. The van der Waals surface area contributed by atoms with E-state index in [0.29, 0.717) is 19.0 Å². The normalized spacial score (nSPS) is 20.6. The van der Waals surface area contributed by atoms with E-state index < -0.39 is 5.97 Å². The van der Waals surface area contributed by atoms with Crippen LogP contribution >= 0.6 is 0 Å². The number of likely N-dealkylation sites (tertiary alicyclic amines) is 1. The molecule has 1 rings (SSSR count). The van der Waals surface area contributed by atoms with Crippen LogP contribution < -0.4 is 0 Å². The van der Waals surface area contributed by atoms with Crippen molar-refractivity contribution in [1.29, 1.82) is 0 Å². The summed E-state index contributed by atoms with van der Waals surface area (Å²) >= 11 is 0. The number of hydrogen-bond acceptors (Lipinski definition) is 2. The van der Waals surface area contributed by atoms with Crippen molar-refractivity contribution in [3.63, 3.8) is 0 Å². The fourth-order valence-electron chi connectivity index (χ4n) is 2.70. The predicted octanol–water partition coefficient (Wildman–Crippen LogP) is 2.66. The Morgan fingerprint density at radius 2 is 2.10 bits per heavy atom. The summed E-state index contributed by atoms with van der Waals surface area (Å²) in [5.74, 6) is -0.165. The van der Waals surface area contributed by atoms with Crippen LogP contribution in [0.5, 0.6) is 0 Å². The van der Waals surface area contributed by atoms with Gasteiger partial charge >= 0.3 is 12.0 Å². The van der Waals surface area contributed by atoms with Crippen LogP contribution in [0.4, 0.5) is 4.79 Å². The van der Waals surface area contributed by atoms with E-state index in [1.165, 1.54) is 0 Å². The molecule has 5 nitrogen and oxygen atoms in total. The molecule has 0 aromatic heterocycles. The molecular formula is C15H28N2O3. The summed E-state index contributed by atoms with van der Waals surface area (Å²) in [5.41, 5.74) is 0. The molecule has 0 aromatic rings. The van der Waals surface area contributed by atoms with Crippen molar-refractivity contribution in [3.05, 3.63) is 0 Å². The molecule has 2 atom stereocenters. The van der Waals surface area contributed by atoms with Crippen LogP contribution in [0.15, 0.2) is 0 Å². The van der Waals surface area contributed by atoms with Gasteiger partial charge in [-0.3, -0.25) is 4.79 Å². The first-order valence-electron chi connectivity index (χ1n) is 7.73. The minimum atomic E-state index is -0.767. The topological polar surface area (TPSA) is 60.9 Å². The number of urea groups is 1. The molecule has 0 spiro atoms. The Kier molecular flexibility index (Phi) is 6.82. The predicted molar refractivity (Wildman–Crippen MR) is 78.6 cm³/mol. The van der Waals surface area contributed by atoms with E-state index in [-0.39, 0.29) is 18.4 Å². The number of nitrogens with zero attached hydrogens (tertiary/aromatic N) is 2. The Hall–Kier alpha value is -1.26. The molecule has 1 saturated heterocycles. The summed E-state index contributed by atoms with van der Waals surface area (Å²) in [7, 11) is 0. The number of rotatable bonds is 6. The van der Waals surface area contributed by atoms with Gasteiger partial charge < -0.3 is 14.9 Å². The van der Waals surface area contributed by atoms with Crippen LogP contribution in [0.1, 0.15) is 46.5 Å². The smallest absolute Gasteiger partial charge is 0.320 e. The molecule has 116 valence electrons. The van der Waals surface area contributed by atoms with Crippen LogP contribution in [0.25, 0.3) is 0 Å². The van der Waals surface area contributed by atoms with E-state index in [9.17, 15) is 9.59 Å². The second-order valence-electron chi connectivity index (χ2n) is 5.89. The molecule has 20 heavy (non-hydrogen) atoms. The van der Waals surface area contributed by atoms with Crippen LogP contribution in [0.2, 0.25) is 0 Å². The van der Waals surface area contributed by atoms with Crippen molar-refractivity contribution >= 4 is 12.0 Å². The first-order valence-corrected chi connectivity index (χ1v) is 7.73. The lowest BCUT2D eigenvalue weighted by molar-refractivity contribution is -0.138. The van der Waals surface area contributed by atoms with E-state index in [1.54, 1.807) is 0 Å². The van der Waals surface area contributed by atoms with E-state index in [4.69, 9.17) is 5.11 Å². The first-order chi connectivity index (χ1) is 9.47. The van der Waals surface area contributed by atoms with Gasteiger partial charge in [0.05, 0.1) is 0 Å². The average Bonchev–Trinajstić information content (AvgIpc) is 2.43. The molecule has 0 radical (unpaired) electrons. The molecule has 1 N–H and O–H groups in total. The number of hydrogen-bond donors (Lipinski definition) is 1. The van der Waals surface area contributed by atoms with Gasteiger partial charge in [0.1, 0.15) is 0 Å². The minimum absolute atomic E-state index is 0.0721. The number of carboxylic acids is 1. The van der Waals surface area contributed by atoms with Crippen LogP contribution in [-0.2, 0) is 4.79 Å². The Labute approximate surface area is 121 Å². The highest BCUT2D eigenvalue weighted by molar-refractivity contribution is 5.74. The summed E-state index contributed by atoms with van der Waals surface area (Å²) in [5, 5.41) is 8.88. The van der Waals surface area contributed by atoms with Crippen LogP contribution in [0.3, 0.4) is 0 Å². The van der Waals surface area contributed by atoms with Gasteiger partial charge in [0.2, 0.25) is 0 Å². The van der Waals surface area contributed by atoms with Crippen molar-refractivity contribution in [2.45, 2.75) is 46.5 Å². The zero-order valence-electron chi connectivity index (χ0n) is 13.0. The fraction of sp³-hybridized carbons (Fsp3) is 0.867. The Bertz CT molecular complexity index is 333. The van der Waals surface area contributed by atoms with Crippen molar-refractivity contribution in [2.75, 3.05) is 26.2 Å². The van der Waals surface area contributed by atoms with Crippen molar-refractivity contribution in [1.82, 2.24) is 9.80 Å². The maximum atomic E-state index is 12.5. The maximum Gasteiger partial charge on any atom is 0.320 e. The third-order valence-corrected chi connectivity index (χ3v) is 4.13. The monoisotopic (exact) mass is 284 g/mol. The number of carboxylic acid groups (broad SMARTS) is 1. The molecule has 0 aromatic carbocycles. The van der Waals surface area contributed by atoms with Crippen molar-refractivity contribution < 1.29 is 14.7 Å². The largest absolute Gasteiger partial charge is 0.481 e. The molecule has 1 fully saturated rings. The lowest BCUT2D eigenvalue weighted by atomic mass is 9.95. The van der Waals surface area contributed by atoms with Gasteiger partial charge in [-0.25, -0.2) is 4.79 Å². The Morgan fingerprint density at radius 3 is 2.65 bits per heavy atom. The van der Waals surface area contributed by atoms with Gasteiger partial charge in [-0.2, -0.15) is 0 Å². The van der Waals surface area contributed by atoms with E-state index in [1.807, 2.05) is 16.7 Å².